The van der Waals surface area contributed by atoms with Crippen molar-refractivity contribution < 1.29 is 32.5 Å². The first-order valence-electron chi connectivity index (χ1n) is 10.2. The van der Waals surface area contributed by atoms with E-state index in [1.54, 1.807) is 18.2 Å². The highest BCUT2D eigenvalue weighted by Crippen LogP contribution is 2.40. The number of benzene rings is 1. The van der Waals surface area contributed by atoms with Gasteiger partial charge in [-0.05, 0) is 23.8 Å². The number of aromatic nitrogens is 2. The largest absolute Gasteiger partial charge is 0.506 e. The quantitative estimate of drug-likeness (QED) is 0.406. The van der Waals surface area contributed by atoms with Crippen molar-refractivity contribution in [3.63, 3.8) is 0 Å². The zero-order chi connectivity index (χ0) is 24.5. The van der Waals surface area contributed by atoms with E-state index in [0.29, 0.717) is 48.0 Å². The van der Waals surface area contributed by atoms with Crippen molar-refractivity contribution in [2.24, 2.45) is 0 Å². The van der Waals surface area contributed by atoms with Crippen molar-refractivity contribution in [1.29, 1.82) is 0 Å². The summed E-state index contributed by atoms with van der Waals surface area (Å²) in [5, 5.41) is 12.6. The normalized spacial score (nSPS) is 14.9. The van der Waals surface area contributed by atoms with E-state index in [0.717, 1.165) is 11.6 Å². The lowest BCUT2D eigenvalue weighted by Crippen LogP contribution is -2.38. The fourth-order valence-electron chi connectivity index (χ4n) is 3.65. The lowest BCUT2D eigenvalue weighted by atomic mass is 10.1. The number of carboxylic acid groups (broad SMARTS) is 1. The maximum atomic E-state index is 13.4. The first kappa shape index (κ1) is 24.1. The van der Waals surface area contributed by atoms with Gasteiger partial charge in [0.15, 0.2) is 0 Å². The second-order valence-corrected chi connectivity index (χ2v) is 9.03. The van der Waals surface area contributed by atoms with E-state index >= 15 is 0 Å². The predicted molar refractivity (Wildman–Crippen MR) is 122 cm³/mol. The minimum absolute atomic E-state index is 0.205. The fraction of sp³-hybridized carbons (Fsp3) is 0.381. The van der Waals surface area contributed by atoms with E-state index in [9.17, 15) is 18.0 Å². The minimum Gasteiger partial charge on any atom is -0.495 e. The Morgan fingerprint density at radius 3 is 2.65 bits per heavy atom. The van der Waals surface area contributed by atoms with Crippen LogP contribution in [0.1, 0.15) is 23.3 Å². The zero-order valence-corrected chi connectivity index (χ0v) is 19.4. The minimum atomic E-state index is -4.50. The van der Waals surface area contributed by atoms with Gasteiger partial charge >= 0.3 is 12.3 Å². The van der Waals surface area contributed by atoms with Crippen LogP contribution in [0.2, 0.25) is 5.02 Å². The van der Waals surface area contributed by atoms with Crippen molar-refractivity contribution >= 4 is 51.1 Å². The van der Waals surface area contributed by atoms with Gasteiger partial charge in [-0.25, -0.2) is 9.78 Å². The number of methoxy groups -OCH3 is 1. The Labute approximate surface area is 201 Å². The summed E-state index contributed by atoms with van der Waals surface area (Å²) >= 11 is 6.73. The first-order chi connectivity index (χ1) is 16.1. The number of nitrogens with zero attached hydrogens (tertiary/aromatic N) is 3. The molecule has 34 heavy (non-hydrogen) atoms. The lowest BCUT2D eigenvalue weighted by Gasteiger charge is -2.31. The molecule has 0 atom stereocenters. The molecule has 0 saturated carbocycles. The summed E-state index contributed by atoms with van der Waals surface area (Å²) in [6.45, 7) is 1.09. The molecule has 182 valence electrons. The van der Waals surface area contributed by atoms with Crippen LogP contribution >= 0.6 is 22.9 Å². The molecule has 0 unspecified atom stereocenters. The molecule has 1 aromatic carbocycles. The number of rotatable bonds is 6. The fourth-order valence-corrected chi connectivity index (χ4v) is 4.82. The highest BCUT2D eigenvalue weighted by molar-refractivity contribution is 7.18. The third-order valence-electron chi connectivity index (χ3n) is 5.33. The van der Waals surface area contributed by atoms with Gasteiger partial charge in [0.05, 0.1) is 17.5 Å². The van der Waals surface area contributed by atoms with Crippen LogP contribution in [0.3, 0.4) is 0 Å². The van der Waals surface area contributed by atoms with Crippen molar-refractivity contribution in [2.75, 3.05) is 30.4 Å². The highest BCUT2D eigenvalue weighted by Gasteiger charge is 2.34. The van der Waals surface area contributed by atoms with Gasteiger partial charge < -0.3 is 24.8 Å². The molecule has 1 aliphatic heterocycles. The molecule has 1 aliphatic rings. The van der Waals surface area contributed by atoms with E-state index in [2.05, 4.69) is 15.3 Å². The molecule has 0 spiro atoms. The molecule has 2 aromatic heterocycles. The Bertz CT molecular complexity index is 1200. The molecule has 1 saturated heterocycles. The third kappa shape index (κ3) is 5.39. The average molecular weight is 517 g/mol. The van der Waals surface area contributed by atoms with Crippen LogP contribution < -0.4 is 15.0 Å². The molecule has 13 heteroatoms. The van der Waals surface area contributed by atoms with Gasteiger partial charge in [0.25, 0.3) is 0 Å². The monoisotopic (exact) mass is 516 g/mol. The number of halogens is 4. The molecule has 0 aliphatic carbocycles. The van der Waals surface area contributed by atoms with E-state index in [4.69, 9.17) is 26.2 Å². The number of alkyl halides is 3. The lowest BCUT2D eigenvalue weighted by molar-refractivity contribution is -0.134. The molecule has 3 heterocycles. The summed E-state index contributed by atoms with van der Waals surface area (Å²) < 4.78 is 50.1. The second kappa shape index (κ2) is 9.71. The van der Waals surface area contributed by atoms with Crippen LogP contribution in [-0.4, -0.2) is 47.5 Å². The molecular weight excluding hydrogens is 497 g/mol. The second-order valence-electron chi connectivity index (χ2n) is 7.59. The molecule has 8 nitrogen and oxygen atoms in total. The predicted octanol–water partition coefficient (Wildman–Crippen LogP) is 5.65. The molecular formula is C21H20ClF3N4O4S. The van der Waals surface area contributed by atoms with Crippen molar-refractivity contribution in [2.45, 2.75) is 31.7 Å². The van der Waals surface area contributed by atoms with Crippen LogP contribution in [0.5, 0.6) is 5.75 Å². The van der Waals surface area contributed by atoms with Crippen LogP contribution in [0, 0.1) is 0 Å². The number of piperidine rings is 1. The van der Waals surface area contributed by atoms with Crippen LogP contribution in [0.4, 0.5) is 29.7 Å². The summed E-state index contributed by atoms with van der Waals surface area (Å²) in [6, 6.07) is 6.24. The Morgan fingerprint density at radius 2 is 2.03 bits per heavy atom. The summed E-state index contributed by atoms with van der Waals surface area (Å²) in [4.78, 5) is 20.9. The Kier molecular flexibility index (Phi) is 6.89. The van der Waals surface area contributed by atoms with Gasteiger partial charge in [0.2, 0.25) is 5.95 Å². The molecule has 3 aromatic rings. The first-order valence-corrected chi connectivity index (χ1v) is 11.4. The van der Waals surface area contributed by atoms with E-state index in [1.165, 1.54) is 7.11 Å². The number of fused-ring (bicyclic) bond motifs is 1. The third-order valence-corrected chi connectivity index (χ3v) is 6.70. The van der Waals surface area contributed by atoms with Gasteiger partial charge in [0.1, 0.15) is 27.4 Å². The van der Waals surface area contributed by atoms with Crippen LogP contribution in [0.25, 0.3) is 10.2 Å². The Morgan fingerprint density at radius 1 is 1.29 bits per heavy atom. The Hall–Kier alpha value is -2.99. The number of hydrogen-bond donors (Lipinski definition) is 2. The summed E-state index contributed by atoms with van der Waals surface area (Å²) in [7, 11) is 1.50. The van der Waals surface area contributed by atoms with E-state index < -0.39 is 23.3 Å². The topological polar surface area (TPSA) is 96.8 Å². The Balaban J connectivity index is 1.62. The summed E-state index contributed by atoms with van der Waals surface area (Å²) in [5.74, 6) is 1.05. The highest BCUT2D eigenvalue weighted by atomic mass is 35.5. The van der Waals surface area contributed by atoms with Crippen molar-refractivity contribution in [3.05, 3.63) is 39.7 Å². The maximum absolute atomic E-state index is 13.4. The molecule has 0 amide bonds. The van der Waals surface area contributed by atoms with Gasteiger partial charge in [0, 0.05) is 32.5 Å². The standard InChI is InChI=1S/C21H20ClF3N4O4S/c1-32-15-3-2-11(8-14(15)22)10-26-17-13-9-16(21(23,24)25)34-18(13)28-19(27-17)29-6-4-12(5-7-29)33-20(30)31/h2-3,8-9,12H,4-7,10H2,1H3,(H,30,31)(H,26,27,28). The molecule has 4 rings (SSSR count). The van der Waals surface area contributed by atoms with Gasteiger partial charge in [-0.1, -0.05) is 17.7 Å². The SMILES string of the molecule is COc1ccc(CNc2nc(N3CCC(OC(=O)O)CC3)nc3sc(C(F)(F)F)cc23)cc1Cl. The number of ether oxygens (including phenoxy) is 2. The smallest absolute Gasteiger partial charge is 0.495 e. The summed E-state index contributed by atoms with van der Waals surface area (Å²) in [5.41, 5.74) is 0.789. The number of hydrogen-bond acceptors (Lipinski definition) is 8. The molecule has 0 bridgehead atoms. The van der Waals surface area contributed by atoms with Crippen LogP contribution in [0.15, 0.2) is 24.3 Å². The summed E-state index contributed by atoms with van der Waals surface area (Å²) in [6.07, 6.45) is -5.41. The number of carbonyl (C=O) groups is 1. The maximum Gasteiger partial charge on any atom is 0.506 e. The molecule has 1 fully saturated rings. The zero-order valence-electron chi connectivity index (χ0n) is 17.9. The van der Waals surface area contributed by atoms with Gasteiger partial charge in [-0.3, -0.25) is 0 Å². The van der Waals surface area contributed by atoms with E-state index in [-0.39, 0.29) is 28.5 Å². The van der Waals surface area contributed by atoms with Crippen molar-refractivity contribution in [3.8, 4) is 5.75 Å². The van der Waals surface area contributed by atoms with Crippen LogP contribution in [-0.2, 0) is 17.5 Å². The van der Waals surface area contributed by atoms with Crippen molar-refractivity contribution in [1.82, 2.24) is 9.97 Å². The average Bonchev–Trinajstić information content (AvgIpc) is 3.23. The number of nitrogens with one attached hydrogen (secondary N) is 1. The van der Waals surface area contributed by atoms with Gasteiger partial charge in [-0.2, -0.15) is 18.2 Å². The number of anilines is 2. The number of thiophene rings is 1. The molecule has 0 radical (unpaired) electrons. The van der Waals surface area contributed by atoms with E-state index in [1.807, 2.05) is 4.90 Å². The van der Waals surface area contributed by atoms with Gasteiger partial charge in [-0.15, -0.1) is 11.3 Å². The molecule has 2 N–H and O–H groups in total.